The Morgan fingerprint density at radius 3 is 2.31 bits per heavy atom. The molecule has 5 atom stereocenters. The number of nitrogens with one attached hydrogen (secondary N) is 1. The lowest BCUT2D eigenvalue weighted by molar-refractivity contribution is -0.127. The fraction of sp³-hybridized carbons (Fsp3) is 0.667. The number of aromatic hydroxyl groups is 1. The molecular weight excluding hydrogens is 364 g/mol. The van der Waals surface area contributed by atoms with Crippen LogP contribution in [0.1, 0.15) is 62.7 Å². The molecule has 3 aliphatic rings. The maximum Gasteiger partial charge on any atom is 0.237 e. The van der Waals surface area contributed by atoms with E-state index in [1.54, 1.807) is 24.3 Å². The first-order chi connectivity index (χ1) is 13.9. The Labute approximate surface area is 173 Å². The molecule has 1 heterocycles. The molecule has 0 radical (unpaired) electrons. The molecule has 1 aromatic rings. The Morgan fingerprint density at radius 1 is 1.03 bits per heavy atom. The number of rotatable bonds is 6. The molecule has 5 unspecified atom stereocenters. The second kappa shape index (κ2) is 8.47. The van der Waals surface area contributed by atoms with Crippen LogP contribution < -0.4 is 5.32 Å². The van der Waals surface area contributed by atoms with Crippen LogP contribution in [0.15, 0.2) is 24.3 Å². The SMILES string of the molecule is CC(NC(=O)C(C)N1CCC(C(=O)c2ccc(O)cc2)CC1)C1CC2CCC1C2. The van der Waals surface area contributed by atoms with Gasteiger partial charge in [-0.05, 0) is 101 Å². The zero-order valence-corrected chi connectivity index (χ0v) is 17.6. The van der Waals surface area contributed by atoms with E-state index in [0.29, 0.717) is 11.5 Å². The second-order valence-corrected chi connectivity index (χ2v) is 9.53. The molecule has 5 heteroatoms. The van der Waals surface area contributed by atoms with Crippen LogP contribution in [0.25, 0.3) is 0 Å². The summed E-state index contributed by atoms with van der Waals surface area (Å²) in [5.41, 5.74) is 0.659. The van der Waals surface area contributed by atoms with Gasteiger partial charge in [-0.1, -0.05) is 6.42 Å². The molecule has 2 saturated carbocycles. The van der Waals surface area contributed by atoms with Crippen LogP contribution in [-0.4, -0.2) is 46.9 Å². The van der Waals surface area contributed by atoms with Crippen LogP contribution >= 0.6 is 0 Å². The first-order valence-corrected chi connectivity index (χ1v) is 11.3. The molecule has 3 fully saturated rings. The van der Waals surface area contributed by atoms with E-state index in [-0.39, 0.29) is 35.4 Å². The quantitative estimate of drug-likeness (QED) is 0.718. The molecule has 2 N–H and O–H groups in total. The van der Waals surface area contributed by atoms with E-state index in [1.807, 2.05) is 6.92 Å². The number of phenols is 1. The van der Waals surface area contributed by atoms with Gasteiger partial charge in [-0.3, -0.25) is 14.5 Å². The zero-order valence-electron chi connectivity index (χ0n) is 17.6. The number of benzene rings is 1. The molecule has 1 amide bonds. The van der Waals surface area contributed by atoms with E-state index < -0.39 is 0 Å². The van der Waals surface area contributed by atoms with Crippen molar-refractivity contribution in [2.45, 2.75) is 64.5 Å². The van der Waals surface area contributed by atoms with Gasteiger partial charge in [-0.15, -0.1) is 0 Å². The summed E-state index contributed by atoms with van der Waals surface area (Å²) in [6, 6.07) is 6.61. The zero-order chi connectivity index (χ0) is 20.5. The van der Waals surface area contributed by atoms with Gasteiger partial charge in [0, 0.05) is 17.5 Å². The highest BCUT2D eigenvalue weighted by molar-refractivity contribution is 5.98. The Balaban J connectivity index is 1.26. The minimum atomic E-state index is -0.152. The van der Waals surface area contributed by atoms with Crippen molar-refractivity contribution in [1.82, 2.24) is 10.2 Å². The van der Waals surface area contributed by atoms with Gasteiger partial charge in [-0.25, -0.2) is 0 Å². The minimum absolute atomic E-state index is 0.000911. The van der Waals surface area contributed by atoms with Gasteiger partial charge in [0.1, 0.15) is 5.75 Å². The summed E-state index contributed by atoms with van der Waals surface area (Å²) in [5, 5.41) is 12.7. The molecule has 2 aliphatic carbocycles. The fourth-order valence-corrected chi connectivity index (χ4v) is 5.93. The van der Waals surface area contributed by atoms with Gasteiger partial charge in [0.15, 0.2) is 5.78 Å². The summed E-state index contributed by atoms with van der Waals surface area (Å²) in [6.45, 7) is 5.71. The molecule has 1 aliphatic heterocycles. The number of phenolic OH excluding ortho intramolecular Hbond substituents is 1. The lowest BCUT2D eigenvalue weighted by Gasteiger charge is -2.36. The predicted molar refractivity (Wildman–Crippen MR) is 113 cm³/mol. The number of fused-ring (bicyclic) bond motifs is 2. The number of amides is 1. The maximum absolute atomic E-state index is 12.8. The summed E-state index contributed by atoms with van der Waals surface area (Å²) in [5.74, 6) is 2.81. The van der Waals surface area contributed by atoms with E-state index in [1.165, 1.54) is 25.7 Å². The van der Waals surface area contributed by atoms with Crippen molar-refractivity contribution in [1.29, 1.82) is 0 Å². The van der Waals surface area contributed by atoms with Gasteiger partial charge in [0.2, 0.25) is 5.91 Å². The van der Waals surface area contributed by atoms with Gasteiger partial charge in [-0.2, -0.15) is 0 Å². The highest BCUT2D eigenvalue weighted by Crippen LogP contribution is 2.49. The minimum Gasteiger partial charge on any atom is -0.508 e. The van der Waals surface area contributed by atoms with E-state index in [4.69, 9.17) is 0 Å². The molecule has 1 saturated heterocycles. The van der Waals surface area contributed by atoms with Crippen LogP contribution in [-0.2, 0) is 4.79 Å². The van der Waals surface area contributed by atoms with Gasteiger partial charge in [0.25, 0.3) is 0 Å². The van der Waals surface area contributed by atoms with E-state index in [0.717, 1.165) is 37.8 Å². The smallest absolute Gasteiger partial charge is 0.237 e. The van der Waals surface area contributed by atoms with Crippen molar-refractivity contribution in [2.75, 3.05) is 13.1 Å². The van der Waals surface area contributed by atoms with Crippen molar-refractivity contribution < 1.29 is 14.7 Å². The first-order valence-electron chi connectivity index (χ1n) is 11.3. The number of hydrogen-bond donors (Lipinski definition) is 2. The number of piperidine rings is 1. The number of nitrogens with zero attached hydrogens (tertiary/aromatic N) is 1. The molecule has 0 aromatic heterocycles. The standard InChI is InChI=1S/C24H34N2O3/c1-15(22-14-17-3-4-20(22)13-17)25-24(29)16(2)26-11-9-19(10-12-26)23(28)18-5-7-21(27)8-6-18/h5-8,15-17,19-20,22,27H,3-4,9-14H2,1-2H3,(H,25,29). The van der Waals surface area contributed by atoms with Crippen LogP contribution in [0.4, 0.5) is 0 Å². The van der Waals surface area contributed by atoms with E-state index >= 15 is 0 Å². The molecule has 29 heavy (non-hydrogen) atoms. The summed E-state index contributed by atoms with van der Waals surface area (Å²) in [6.07, 6.45) is 6.93. The largest absolute Gasteiger partial charge is 0.508 e. The Morgan fingerprint density at radius 2 is 1.72 bits per heavy atom. The Kier molecular flexibility index (Phi) is 5.95. The number of carbonyl (C=O) groups excluding carboxylic acids is 2. The predicted octanol–water partition coefficient (Wildman–Crippen LogP) is 3.62. The van der Waals surface area contributed by atoms with Crippen LogP contribution in [0, 0.1) is 23.7 Å². The molecule has 158 valence electrons. The van der Waals surface area contributed by atoms with Crippen molar-refractivity contribution in [3.05, 3.63) is 29.8 Å². The summed E-state index contributed by atoms with van der Waals surface area (Å²) >= 11 is 0. The van der Waals surface area contributed by atoms with E-state index in [9.17, 15) is 14.7 Å². The number of hydrogen-bond acceptors (Lipinski definition) is 4. The molecule has 0 spiro atoms. The molecule has 4 rings (SSSR count). The van der Waals surface area contributed by atoms with Gasteiger partial charge in [0.05, 0.1) is 6.04 Å². The fourth-order valence-electron chi connectivity index (χ4n) is 5.93. The van der Waals surface area contributed by atoms with Crippen molar-refractivity contribution in [3.8, 4) is 5.75 Å². The highest BCUT2D eigenvalue weighted by atomic mass is 16.3. The molecule has 5 nitrogen and oxygen atoms in total. The third-order valence-electron chi connectivity index (χ3n) is 7.78. The lowest BCUT2D eigenvalue weighted by Crippen LogP contribution is -2.52. The Bertz CT molecular complexity index is 739. The summed E-state index contributed by atoms with van der Waals surface area (Å²) in [7, 11) is 0. The maximum atomic E-state index is 12.8. The van der Waals surface area contributed by atoms with Crippen molar-refractivity contribution in [3.63, 3.8) is 0 Å². The first kappa shape index (κ1) is 20.4. The Hall–Kier alpha value is -1.88. The third-order valence-corrected chi connectivity index (χ3v) is 7.78. The van der Waals surface area contributed by atoms with Crippen LogP contribution in [0.5, 0.6) is 5.75 Å². The van der Waals surface area contributed by atoms with Gasteiger partial charge < -0.3 is 10.4 Å². The number of Topliss-reactive ketones (excluding diaryl/α,β-unsaturated/α-hetero) is 1. The van der Waals surface area contributed by atoms with Crippen LogP contribution in [0.2, 0.25) is 0 Å². The number of likely N-dealkylation sites (tertiary alicyclic amines) is 1. The topological polar surface area (TPSA) is 69.6 Å². The third kappa shape index (κ3) is 4.35. The lowest BCUT2D eigenvalue weighted by atomic mass is 9.84. The average Bonchev–Trinajstić information content (AvgIpc) is 3.37. The normalized spacial score (nSPS) is 29.5. The monoisotopic (exact) mass is 398 g/mol. The second-order valence-electron chi connectivity index (χ2n) is 9.53. The van der Waals surface area contributed by atoms with Crippen LogP contribution in [0.3, 0.4) is 0 Å². The molecular formula is C24H34N2O3. The van der Waals surface area contributed by atoms with Crippen molar-refractivity contribution in [2.24, 2.45) is 23.7 Å². The number of ketones is 1. The van der Waals surface area contributed by atoms with Crippen molar-refractivity contribution >= 4 is 11.7 Å². The molecule has 2 bridgehead atoms. The number of carbonyl (C=O) groups is 2. The average molecular weight is 399 g/mol. The summed E-state index contributed by atoms with van der Waals surface area (Å²) < 4.78 is 0. The molecule has 1 aromatic carbocycles. The van der Waals surface area contributed by atoms with E-state index in [2.05, 4.69) is 17.1 Å². The summed E-state index contributed by atoms with van der Waals surface area (Å²) in [4.78, 5) is 27.8. The van der Waals surface area contributed by atoms with Gasteiger partial charge >= 0.3 is 0 Å². The highest BCUT2D eigenvalue weighted by Gasteiger charge is 2.42.